The molecule has 1 aromatic carbocycles. The molecule has 0 aliphatic carbocycles. The lowest BCUT2D eigenvalue weighted by Crippen LogP contribution is -2.12. The summed E-state index contributed by atoms with van der Waals surface area (Å²) in [6.45, 7) is -0.0789. The predicted molar refractivity (Wildman–Crippen MR) is 82.4 cm³/mol. The predicted octanol–water partition coefficient (Wildman–Crippen LogP) is 4.42. The molecular weight excluding hydrogens is 362 g/mol. The lowest BCUT2D eigenvalue weighted by Gasteiger charge is -2.07. The van der Waals surface area contributed by atoms with Crippen LogP contribution in [0.3, 0.4) is 0 Å². The Morgan fingerprint density at radius 3 is 2.43 bits per heavy atom. The largest absolute Gasteiger partial charge is 0.463 e. The maximum Gasteiger partial charge on any atom is 0.311 e. The van der Waals surface area contributed by atoms with Gasteiger partial charge in [0.25, 0.3) is 0 Å². The summed E-state index contributed by atoms with van der Waals surface area (Å²) in [6.07, 6.45) is 0.396. The second-order valence-electron chi connectivity index (χ2n) is 3.95. The number of halogens is 4. The van der Waals surface area contributed by atoms with Crippen molar-refractivity contribution in [2.24, 2.45) is 0 Å². The Labute approximate surface area is 142 Å². The fourth-order valence-electron chi connectivity index (χ4n) is 1.34. The van der Waals surface area contributed by atoms with Gasteiger partial charge in [-0.2, -0.15) is 0 Å². The second kappa shape index (κ2) is 9.36. The summed E-state index contributed by atoms with van der Waals surface area (Å²) in [5, 5.41) is 0.462. The Balaban J connectivity index is 2.31. The molecule has 0 spiro atoms. The van der Waals surface area contributed by atoms with Crippen molar-refractivity contribution in [1.82, 2.24) is 0 Å². The van der Waals surface area contributed by atoms with Gasteiger partial charge in [0.15, 0.2) is 5.75 Å². The summed E-state index contributed by atoms with van der Waals surface area (Å²) >= 11 is 22.5. The molecule has 0 N–H and O–H groups in total. The zero-order chi connectivity index (χ0) is 15.8. The molecule has 0 atom stereocenters. The van der Waals surface area contributed by atoms with Gasteiger partial charge in [0, 0.05) is 12.8 Å². The fraction of sp³-hybridized carbons (Fsp3) is 0.385. The van der Waals surface area contributed by atoms with Gasteiger partial charge in [-0.05, 0) is 18.6 Å². The highest BCUT2D eigenvalue weighted by Gasteiger charge is 2.12. The normalized spacial score (nSPS) is 10.5. The van der Waals surface area contributed by atoms with E-state index in [4.69, 9.17) is 55.9 Å². The zero-order valence-electron chi connectivity index (χ0n) is 10.8. The smallest absolute Gasteiger partial charge is 0.311 e. The van der Waals surface area contributed by atoms with Gasteiger partial charge >= 0.3 is 11.9 Å². The number of carbonyl (C=O) groups excluding carboxylic acids is 2. The molecule has 0 radical (unpaired) electrons. The van der Waals surface area contributed by atoms with Crippen molar-refractivity contribution >= 4 is 58.3 Å². The molecule has 21 heavy (non-hydrogen) atoms. The van der Waals surface area contributed by atoms with E-state index in [0.717, 1.165) is 0 Å². The molecule has 0 aliphatic heterocycles. The molecule has 1 rings (SSSR count). The maximum absolute atomic E-state index is 11.6. The molecule has 0 saturated carbocycles. The first-order chi connectivity index (χ1) is 9.90. The van der Waals surface area contributed by atoms with Gasteiger partial charge in [-0.25, -0.2) is 0 Å². The fourth-order valence-corrected chi connectivity index (χ4v) is 1.80. The van der Waals surface area contributed by atoms with E-state index in [0.29, 0.717) is 5.02 Å². The highest BCUT2D eigenvalue weighted by atomic mass is 35.5. The first-order valence-electron chi connectivity index (χ1n) is 5.98. The molecule has 0 unspecified atom stereocenters. The van der Waals surface area contributed by atoms with Crippen molar-refractivity contribution in [2.75, 3.05) is 6.61 Å². The van der Waals surface area contributed by atoms with Crippen LogP contribution in [0, 0.1) is 0 Å². The number of hydrogen-bond acceptors (Lipinski definition) is 4. The van der Waals surface area contributed by atoms with Crippen molar-refractivity contribution in [1.29, 1.82) is 0 Å². The van der Waals surface area contributed by atoms with Crippen LogP contribution in [0.5, 0.6) is 5.75 Å². The van der Waals surface area contributed by atoms with E-state index in [1.165, 1.54) is 6.07 Å². The topological polar surface area (TPSA) is 52.6 Å². The Kier molecular flexibility index (Phi) is 8.19. The molecule has 8 heteroatoms. The Bertz CT molecular complexity index is 505. The molecule has 0 amide bonds. The van der Waals surface area contributed by atoms with Crippen molar-refractivity contribution < 1.29 is 19.1 Å². The molecule has 4 nitrogen and oxygen atoms in total. The quantitative estimate of drug-likeness (QED) is 0.403. The average Bonchev–Trinajstić information content (AvgIpc) is 2.41. The van der Waals surface area contributed by atoms with Crippen LogP contribution in [-0.2, 0) is 14.3 Å². The van der Waals surface area contributed by atoms with E-state index < -0.39 is 16.8 Å². The maximum atomic E-state index is 11.6. The molecule has 0 fully saturated rings. The van der Waals surface area contributed by atoms with Gasteiger partial charge in [-0.3, -0.25) is 9.59 Å². The van der Waals surface area contributed by atoms with Gasteiger partial charge in [-0.15, -0.1) is 23.2 Å². The van der Waals surface area contributed by atoms with Crippen LogP contribution < -0.4 is 4.74 Å². The van der Waals surface area contributed by atoms with Crippen molar-refractivity contribution in [3.05, 3.63) is 28.2 Å². The van der Waals surface area contributed by atoms with E-state index in [1.54, 1.807) is 12.1 Å². The molecule has 0 heterocycles. The Morgan fingerprint density at radius 2 is 1.76 bits per heavy atom. The van der Waals surface area contributed by atoms with Gasteiger partial charge in [0.1, 0.15) is 16.5 Å². The Hall–Kier alpha value is -0.680. The minimum Gasteiger partial charge on any atom is -0.463 e. The summed E-state index contributed by atoms with van der Waals surface area (Å²) in [5.41, 5.74) is 0. The van der Waals surface area contributed by atoms with Gasteiger partial charge < -0.3 is 9.47 Å². The number of benzene rings is 1. The van der Waals surface area contributed by atoms with Gasteiger partial charge in [0.2, 0.25) is 0 Å². The number of ether oxygens (including phenoxy) is 2. The molecule has 0 saturated heterocycles. The van der Waals surface area contributed by atoms with Crippen LogP contribution in [-0.4, -0.2) is 23.4 Å². The van der Waals surface area contributed by atoms with Crippen LogP contribution >= 0.6 is 46.4 Å². The van der Waals surface area contributed by atoms with E-state index >= 15 is 0 Å². The third-order valence-electron chi connectivity index (χ3n) is 2.27. The van der Waals surface area contributed by atoms with E-state index in [9.17, 15) is 9.59 Å². The van der Waals surface area contributed by atoms with Crippen LogP contribution in [0.4, 0.5) is 0 Å². The summed E-state index contributed by atoms with van der Waals surface area (Å²) in [5.74, 6) is -0.807. The van der Waals surface area contributed by atoms with Crippen LogP contribution in [0.2, 0.25) is 10.0 Å². The zero-order valence-corrected chi connectivity index (χ0v) is 13.8. The molecular formula is C13H12Cl4O4. The summed E-state index contributed by atoms with van der Waals surface area (Å²) in [6, 6.07) is 4.72. The monoisotopic (exact) mass is 372 g/mol. The summed E-state index contributed by atoms with van der Waals surface area (Å²) in [4.78, 5) is 22.1. The third-order valence-corrected chi connectivity index (χ3v) is 3.33. The molecule has 0 bridgehead atoms. The minimum atomic E-state index is -0.760. The second-order valence-corrected chi connectivity index (χ2v) is 6.02. The van der Waals surface area contributed by atoms with Gasteiger partial charge in [-0.1, -0.05) is 29.3 Å². The van der Waals surface area contributed by atoms with Crippen LogP contribution in [0.15, 0.2) is 18.2 Å². The molecule has 1 aromatic rings. The summed E-state index contributed by atoms with van der Waals surface area (Å²) in [7, 11) is 0. The Morgan fingerprint density at radius 1 is 1.10 bits per heavy atom. The van der Waals surface area contributed by atoms with E-state index in [2.05, 4.69) is 0 Å². The van der Waals surface area contributed by atoms with Gasteiger partial charge in [0.05, 0.1) is 5.02 Å². The lowest BCUT2D eigenvalue weighted by atomic mass is 10.2. The highest BCUT2D eigenvalue weighted by Crippen LogP contribution is 2.31. The van der Waals surface area contributed by atoms with Crippen molar-refractivity contribution in [3.8, 4) is 5.75 Å². The van der Waals surface area contributed by atoms with Crippen molar-refractivity contribution in [3.63, 3.8) is 0 Å². The SMILES string of the molecule is O=C(CCCC(=O)Oc1cccc(Cl)c1Cl)OCC(Cl)Cl. The first-order valence-corrected chi connectivity index (χ1v) is 7.61. The van der Waals surface area contributed by atoms with E-state index in [1.807, 2.05) is 0 Å². The number of esters is 2. The molecule has 0 aromatic heterocycles. The van der Waals surface area contributed by atoms with Crippen LogP contribution in [0.1, 0.15) is 19.3 Å². The number of alkyl halides is 2. The van der Waals surface area contributed by atoms with Crippen LogP contribution in [0.25, 0.3) is 0 Å². The van der Waals surface area contributed by atoms with E-state index in [-0.39, 0.29) is 36.6 Å². The van der Waals surface area contributed by atoms with Crippen molar-refractivity contribution in [2.45, 2.75) is 24.1 Å². The standard InChI is InChI=1S/C13H12Cl4O4/c14-8-3-1-4-9(13(8)17)21-12(19)6-2-5-11(18)20-7-10(15)16/h1,3-4,10H,2,5-7H2. The number of hydrogen-bond donors (Lipinski definition) is 0. The highest BCUT2D eigenvalue weighted by molar-refractivity contribution is 6.44. The lowest BCUT2D eigenvalue weighted by molar-refractivity contribution is -0.143. The third kappa shape index (κ3) is 7.23. The summed E-state index contributed by atoms with van der Waals surface area (Å²) < 4.78 is 9.80. The molecule has 0 aliphatic rings. The number of carbonyl (C=O) groups is 2. The molecule has 116 valence electrons. The average molecular weight is 374 g/mol. The number of rotatable bonds is 7. The first kappa shape index (κ1) is 18.4. The minimum absolute atomic E-state index is 0.0448.